The van der Waals surface area contributed by atoms with Gasteiger partial charge in [0, 0.05) is 12.4 Å². The molecule has 0 radical (unpaired) electrons. The van der Waals surface area contributed by atoms with Crippen LogP contribution in [0.3, 0.4) is 0 Å². The Morgan fingerprint density at radius 1 is 1.54 bits per heavy atom. The fourth-order valence-electron chi connectivity index (χ4n) is 1.19. The molecule has 5 heteroatoms. The number of carbonyl (C=O) groups is 1. The molecule has 13 heavy (non-hydrogen) atoms. The van der Waals surface area contributed by atoms with Gasteiger partial charge in [0.15, 0.2) is 0 Å². The highest BCUT2D eigenvalue weighted by molar-refractivity contribution is 5.76. The number of fused-ring (bicyclic) bond motifs is 1. The molecule has 0 bridgehead atoms. The summed E-state index contributed by atoms with van der Waals surface area (Å²) in [7, 11) is 0. The van der Waals surface area contributed by atoms with E-state index in [2.05, 4.69) is 9.97 Å². The van der Waals surface area contributed by atoms with E-state index in [1.165, 1.54) is 0 Å². The molecule has 0 aliphatic rings. The highest BCUT2D eigenvalue weighted by Gasteiger charge is 2.05. The molecular weight excluding hydrogens is 168 g/mol. The van der Waals surface area contributed by atoms with Gasteiger partial charge < -0.3 is 5.73 Å². The van der Waals surface area contributed by atoms with E-state index in [1.807, 2.05) is 0 Å². The maximum absolute atomic E-state index is 10.7. The van der Waals surface area contributed by atoms with Gasteiger partial charge in [-0.05, 0) is 6.07 Å². The minimum absolute atomic E-state index is 0.187. The predicted octanol–water partition coefficient (Wildman–Crippen LogP) is -0.243. The monoisotopic (exact) mass is 176 g/mol. The van der Waals surface area contributed by atoms with Crippen LogP contribution in [-0.4, -0.2) is 20.3 Å². The molecule has 2 rings (SSSR count). The minimum Gasteiger partial charge on any atom is -0.369 e. The number of nitrogens with zero attached hydrogens (tertiary/aromatic N) is 3. The third kappa shape index (κ3) is 1.35. The van der Waals surface area contributed by atoms with Gasteiger partial charge in [-0.25, -0.2) is 9.97 Å². The third-order valence-corrected chi connectivity index (χ3v) is 1.72. The molecule has 0 saturated carbocycles. The molecule has 2 aromatic heterocycles. The minimum atomic E-state index is -0.370. The summed E-state index contributed by atoms with van der Waals surface area (Å²) in [5.74, 6) is 0.212. The Kier molecular flexibility index (Phi) is 1.70. The summed E-state index contributed by atoms with van der Waals surface area (Å²) in [5.41, 5.74) is 5.83. The van der Waals surface area contributed by atoms with E-state index >= 15 is 0 Å². The van der Waals surface area contributed by atoms with Crippen molar-refractivity contribution in [1.82, 2.24) is 14.4 Å². The van der Waals surface area contributed by atoms with E-state index in [1.54, 1.807) is 29.1 Å². The standard InChI is InChI=1S/C8H8N4O/c9-7(13)4-6-5-11-8-10-2-1-3-12(6)8/h1-3,5H,4H2,(H2,9,13). The van der Waals surface area contributed by atoms with Gasteiger partial charge in [0.2, 0.25) is 11.7 Å². The fraction of sp³-hybridized carbons (Fsp3) is 0.125. The summed E-state index contributed by atoms with van der Waals surface area (Å²) in [4.78, 5) is 18.7. The first-order valence-corrected chi connectivity index (χ1v) is 3.82. The van der Waals surface area contributed by atoms with Crippen LogP contribution < -0.4 is 5.73 Å². The molecule has 0 fully saturated rings. The zero-order valence-corrected chi connectivity index (χ0v) is 6.84. The molecule has 0 unspecified atom stereocenters. The average molecular weight is 176 g/mol. The Hall–Kier alpha value is -1.91. The number of amides is 1. The van der Waals surface area contributed by atoms with E-state index in [-0.39, 0.29) is 12.3 Å². The van der Waals surface area contributed by atoms with Gasteiger partial charge in [-0.2, -0.15) is 0 Å². The van der Waals surface area contributed by atoms with Crippen LogP contribution in [-0.2, 0) is 11.2 Å². The van der Waals surface area contributed by atoms with Crippen molar-refractivity contribution >= 4 is 11.7 Å². The predicted molar refractivity (Wildman–Crippen MR) is 45.9 cm³/mol. The van der Waals surface area contributed by atoms with Gasteiger partial charge in [-0.15, -0.1) is 0 Å². The van der Waals surface area contributed by atoms with E-state index < -0.39 is 0 Å². The van der Waals surface area contributed by atoms with Crippen LogP contribution in [0.1, 0.15) is 5.69 Å². The Labute approximate surface area is 74.2 Å². The number of carbonyl (C=O) groups excluding carboxylic acids is 1. The first-order valence-electron chi connectivity index (χ1n) is 3.82. The van der Waals surface area contributed by atoms with Crippen molar-refractivity contribution in [2.24, 2.45) is 5.73 Å². The second-order valence-electron chi connectivity index (χ2n) is 2.68. The second kappa shape index (κ2) is 2.85. The lowest BCUT2D eigenvalue weighted by atomic mass is 10.3. The Bertz CT molecular complexity index is 448. The van der Waals surface area contributed by atoms with Crippen LogP contribution in [0.5, 0.6) is 0 Å². The van der Waals surface area contributed by atoms with Crippen molar-refractivity contribution in [3.63, 3.8) is 0 Å². The maximum atomic E-state index is 10.7. The fourth-order valence-corrected chi connectivity index (χ4v) is 1.19. The molecule has 2 aromatic rings. The summed E-state index contributed by atoms with van der Waals surface area (Å²) in [6.07, 6.45) is 5.24. The number of imidazole rings is 1. The summed E-state index contributed by atoms with van der Waals surface area (Å²) < 4.78 is 1.74. The number of hydrogen-bond acceptors (Lipinski definition) is 3. The molecule has 5 nitrogen and oxygen atoms in total. The van der Waals surface area contributed by atoms with Gasteiger partial charge in [0.05, 0.1) is 18.3 Å². The molecule has 0 atom stereocenters. The van der Waals surface area contributed by atoms with E-state index in [9.17, 15) is 4.79 Å². The lowest BCUT2D eigenvalue weighted by Crippen LogP contribution is -2.14. The van der Waals surface area contributed by atoms with Crippen molar-refractivity contribution in [3.8, 4) is 0 Å². The molecule has 2 heterocycles. The highest BCUT2D eigenvalue weighted by Crippen LogP contribution is 2.03. The van der Waals surface area contributed by atoms with Crippen LogP contribution >= 0.6 is 0 Å². The zero-order valence-electron chi connectivity index (χ0n) is 6.84. The summed E-state index contributed by atoms with van der Waals surface area (Å²) in [5, 5.41) is 0. The molecule has 0 aliphatic carbocycles. The van der Waals surface area contributed by atoms with E-state index in [0.29, 0.717) is 5.78 Å². The van der Waals surface area contributed by atoms with Crippen molar-refractivity contribution in [2.45, 2.75) is 6.42 Å². The van der Waals surface area contributed by atoms with Crippen molar-refractivity contribution in [2.75, 3.05) is 0 Å². The molecule has 0 spiro atoms. The van der Waals surface area contributed by atoms with Crippen molar-refractivity contribution < 1.29 is 4.79 Å². The number of primary amides is 1. The number of aromatic nitrogens is 3. The topological polar surface area (TPSA) is 73.3 Å². The molecular formula is C8H8N4O. The molecule has 0 saturated heterocycles. The highest BCUT2D eigenvalue weighted by atomic mass is 16.1. The molecule has 0 aromatic carbocycles. The van der Waals surface area contributed by atoms with Gasteiger partial charge in [-0.1, -0.05) is 0 Å². The zero-order chi connectivity index (χ0) is 9.26. The van der Waals surface area contributed by atoms with Crippen LogP contribution in [0.4, 0.5) is 0 Å². The van der Waals surface area contributed by atoms with Crippen LogP contribution in [0.25, 0.3) is 5.78 Å². The van der Waals surface area contributed by atoms with Crippen LogP contribution in [0.15, 0.2) is 24.7 Å². The van der Waals surface area contributed by atoms with E-state index in [0.717, 1.165) is 5.69 Å². The van der Waals surface area contributed by atoms with Crippen LogP contribution in [0, 0.1) is 0 Å². The van der Waals surface area contributed by atoms with Crippen molar-refractivity contribution in [1.29, 1.82) is 0 Å². The molecule has 1 amide bonds. The lowest BCUT2D eigenvalue weighted by molar-refractivity contribution is -0.117. The lowest BCUT2D eigenvalue weighted by Gasteiger charge is -1.96. The van der Waals surface area contributed by atoms with Crippen molar-refractivity contribution in [3.05, 3.63) is 30.4 Å². The molecule has 0 aliphatic heterocycles. The van der Waals surface area contributed by atoms with Gasteiger partial charge in [-0.3, -0.25) is 9.20 Å². The summed E-state index contributed by atoms with van der Waals surface area (Å²) in [6.45, 7) is 0. The smallest absolute Gasteiger partial charge is 0.233 e. The third-order valence-electron chi connectivity index (χ3n) is 1.72. The van der Waals surface area contributed by atoms with E-state index in [4.69, 9.17) is 5.73 Å². The Balaban J connectivity index is 2.51. The van der Waals surface area contributed by atoms with Gasteiger partial charge in [0.1, 0.15) is 0 Å². The largest absolute Gasteiger partial charge is 0.369 e. The molecule has 66 valence electrons. The SMILES string of the molecule is NC(=O)Cc1cnc2ncccn12. The Morgan fingerprint density at radius 2 is 2.38 bits per heavy atom. The average Bonchev–Trinajstić information content (AvgIpc) is 2.48. The normalized spacial score (nSPS) is 10.5. The van der Waals surface area contributed by atoms with Gasteiger partial charge in [0.25, 0.3) is 0 Å². The quantitative estimate of drug-likeness (QED) is 0.686. The number of nitrogens with two attached hydrogens (primary N) is 1. The van der Waals surface area contributed by atoms with Gasteiger partial charge >= 0.3 is 0 Å². The number of rotatable bonds is 2. The Morgan fingerprint density at radius 3 is 3.15 bits per heavy atom. The van der Waals surface area contributed by atoms with Crippen LogP contribution in [0.2, 0.25) is 0 Å². The number of hydrogen-bond donors (Lipinski definition) is 1. The summed E-state index contributed by atoms with van der Waals surface area (Å²) >= 11 is 0. The summed E-state index contributed by atoms with van der Waals surface area (Å²) in [6, 6.07) is 1.78. The first-order chi connectivity index (χ1) is 6.27. The maximum Gasteiger partial charge on any atom is 0.233 e. The second-order valence-corrected chi connectivity index (χ2v) is 2.68. The molecule has 2 N–H and O–H groups in total. The first kappa shape index (κ1) is 7.72.